The van der Waals surface area contributed by atoms with Crippen molar-refractivity contribution in [2.45, 2.75) is 39.7 Å². The predicted octanol–water partition coefficient (Wildman–Crippen LogP) is 1.70. The van der Waals surface area contributed by atoms with Crippen LogP contribution in [0.3, 0.4) is 0 Å². The normalized spacial score (nSPS) is 17.6. The molecule has 0 rings (SSSR count). The van der Waals surface area contributed by atoms with Crippen molar-refractivity contribution in [3.63, 3.8) is 0 Å². The van der Waals surface area contributed by atoms with Crippen LogP contribution in [0.15, 0.2) is 0 Å². The van der Waals surface area contributed by atoms with Gasteiger partial charge in [0.2, 0.25) is 0 Å². The molecule has 0 aliphatic carbocycles. The van der Waals surface area contributed by atoms with Crippen molar-refractivity contribution in [2.75, 3.05) is 0 Å². The number of nitriles is 1. The fourth-order valence-corrected chi connectivity index (χ4v) is 0.419. The van der Waals surface area contributed by atoms with Crippen molar-refractivity contribution < 1.29 is 5.11 Å². The fraction of sp³-hybridized carbons (Fsp3) is 0.875. The molecule has 0 bridgehead atoms. The first kappa shape index (κ1) is 9.45. The number of aliphatic hydroxyl groups is 1. The maximum atomic E-state index is 9.63. The van der Waals surface area contributed by atoms with Gasteiger partial charge in [-0.05, 0) is 12.3 Å². The van der Waals surface area contributed by atoms with Gasteiger partial charge in [-0.2, -0.15) is 5.26 Å². The lowest BCUT2D eigenvalue weighted by molar-refractivity contribution is -0.0368. The van der Waals surface area contributed by atoms with E-state index in [0.29, 0.717) is 0 Å². The highest BCUT2D eigenvalue weighted by Gasteiger charge is 2.34. The van der Waals surface area contributed by atoms with Crippen molar-refractivity contribution in [1.82, 2.24) is 0 Å². The molecule has 1 N–H and O–H groups in total. The summed E-state index contributed by atoms with van der Waals surface area (Å²) in [5, 5.41) is 18.0. The number of hydrogen-bond acceptors (Lipinski definition) is 2. The summed E-state index contributed by atoms with van der Waals surface area (Å²) in [5.74, 6) is 0. The number of rotatable bonds is 1. The first-order chi connectivity index (χ1) is 4.31. The highest BCUT2D eigenvalue weighted by atomic mass is 16.3. The lowest BCUT2D eigenvalue weighted by atomic mass is 9.76. The average molecular weight is 141 g/mol. The third-order valence-corrected chi connectivity index (χ3v) is 2.04. The lowest BCUT2D eigenvalue weighted by Crippen LogP contribution is -2.39. The van der Waals surface area contributed by atoms with Crippen LogP contribution in [0, 0.1) is 16.7 Å². The van der Waals surface area contributed by atoms with Crippen LogP contribution in [0.25, 0.3) is 0 Å². The first-order valence-electron chi connectivity index (χ1n) is 3.40. The Morgan fingerprint density at radius 3 is 1.80 bits per heavy atom. The summed E-state index contributed by atoms with van der Waals surface area (Å²) >= 11 is 0. The van der Waals surface area contributed by atoms with E-state index in [1.165, 1.54) is 0 Å². The fourth-order valence-electron chi connectivity index (χ4n) is 0.419. The quantitative estimate of drug-likeness (QED) is 0.604. The van der Waals surface area contributed by atoms with Crippen LogP contribution in [0.1, 0.15) is 34.1 Å². The Morgan fingerprint density at radius 2 is 1.70 bits per heavy atom. The van der Waals surface area contributed by atoms with Crippen LogP contribution in [-0.4, -0.2) is 10.7 Å². The molecular formula is C8H15NO. The van der Waals surface area contributed by atoms with E-state index in [1.807, 2.05) is 26.8 Å². The second kappa shape index (κ2) is 2.59. The Bertz CT molecular complexity index is 148. The third kappa shape index (κ3) is 2.00. The zero-order chi connectivity index (χ0) is 8.41. The number of nitrogens with zero attached hydrogens (tertiary/aromatic N) is 1. The van der Waals surface area contributed by atoms with Gasteiger partial charge in [0.1, 0.15) is 0 Å². The highest BCUT2D eigenvalue weighted by Crippen LogP contribution is 2.31. The largest absolute Gasteiger partial charge is 0.389 e. The molecule has 0 saturated carbocycles. The minimum atomic E-state index is -0.873. The molecule has 0 aromatic carbocycles. The van der Waals surface area contributed by atoms with E-state index in [4.69, 9.17) is 5.26 Å². The topological polar surface area (TPSA) is 44.0 Å². The monoisotopic (exact) mass is 141 g/mol. The Kier molecular flexibility index (Phi) is 2.45. The molecule has 0 spiro atoms. The van der Waals surface area contributed by atoms with E-state index in [9.17, 15) is 5.11 Å². The van der Waals surface area contributed by atoms with Crippen LogP contribution in [0.4, 0.5) is 0 Å². The van der Waals surface area contributed by atoms with E-state index in [-0.39, 0.29) is 11.8 Å². The maximum Gasteiger partial charge on any atom is 0.0797 e. The van der Waals surface area contributed by atoms with E-state index in [2.05, 4.69) is 0 Å². The molecule has 1 atom stereocenters. The zero-order valence-corrected chi connectivity index (χ0v) is 7.10. The SMILES string of the molecule is CC(C)(C)C(C)(O)CC#N. The van der Waals surface area contributed by atoms with Gasteiger partial charge in [-0.15, -0.1) is 0 Å². The van der Waals surface area contributed by atoms with Crippen molar-refractivity contribution in [2.24, 2.45) is 5.41 Å². The summed E-state index contributed by atoms with van der Waals surface area (Å²) < 4.78 is 0. The molecule has 0 fully saturated rings. The molecule has 0 aromatic rings. The standard InChI is InChI=1S/C8H15NO/c1-7(2,3)8(4,10)5-6-9/h10H,5H2,1-4H3. The van der Waals surface area contributed by atoms with Gasteiger partial charge in [0.05, 0.1) is 18.1 Å². The van der Waals surface area contributed by atoms with Gasteiger partial charge in [0.15, 0.2) is 0 Å². The van der Waals surface area contributed by atoms with Crippen LogP contribution < -0.4 is 0 Å². The summed E-state index contributed by atoms with van der Waals surface area (Å²) in [6.45, 7) is 7.45. The Balaban J connectivity index is 4.28. The maximum absolute atomic E-state index is 9.63. The molecule has 10 heavy (non-hydrogen) atoms. The smallest absolute Gasteiger partial charge is 0.0797 e. The molecular weight excluding hydrogens is 126 g/mol. The molecule has 0 aliphatic rings. The van der Waals surface area contributed by atoms with Gasteiger partial charge < -0.3 is 5.11 Å². The van der Waals surface area contributed by atoms with Gasteiger partial charge in [0.25, 0.3) is 0 Å². The molecule has 0 aliphatic heterocycles. The van der Waals surface area contributed by atoms with E-state index >= 15 is 0 Å². The van der Waals surface area contributed by atoms with Gasteiger partial charge in [-0.1, -0.05) is 20.8 Å². The van der Waals surface area contributed by atoms with Gasteiger partial charge in [-0.3, -0.25) is 0 Å². The molecule has 1 unspecified atom stereocenters. The first-order valence-corrected chi connectivity index (χ1v) is 3.40. The van der Waals surface area contributed by atoms with Crippen LogP contribution in [0.2, 0.25) is 0 Å². The molecule has 0 saturated heterocycles. The van der Waals surface area contributed by atoms with Gasteiger partial charge in [-0.25, -0.2) is 0 Å². The van der Waals surface area contributed by atoms with Gasteiger partial charge >= 0.3 is 0 Å². The highest BCUT2D eigenvalue weighted by molar-refractivity contribution is 4.93. The predicted molar refractivity (Wildman–Crippen MR) is 40.3 cm³/mol. The minimum Gasteiger partial charge on any atom is -0.389 e. The van der Waals surface area contributed by atoms with E-state index < -0.39 is 5.60 Å². The van der Waals surface area contributed by atoms with Gasteiger partial charge in [0, 0.05) is 0 Å². The zero-order valence-electron chi connectivity index (χ0n) is 7.10. The average Bonchev–Trinajstić information content (AvgIpc) is 1.61. The van der Waals surface area contributed by atoms with Crippen molar-refractivity contribution in [3.8, 4) is 6.07 Å². The second-order valence-electron chi connectivity index (χ2n) is 3.86. The number of hydrogen-bond donors (Lipinski definition) is 1. The Morgan fingerprint density at radius 1 is 1.30 bits per heavy atom. The lowest BCUT2D eigenvalue weighted by Gasteiger charge is -2.34. The summed E-state index contributed by atoms with van der Waals surface area (Å²) in [6, 6.07) is 1.96. The van der Waals surface area contributed by atoms with Crippen molar-refractivity contribution in [3.05, 3.63) is 0 Å². The minimum absolute atomic E-state index is 0.191. The van der Waals surface area contributed by atoms with Crippen molar-refractivity contribution >= 4 is 0 Å². The summed E-state index contributed by atoms with van der Waals surface area (Å²) in [7, 11) is 0. The van der Waals surface area contributed by atoms with E-state index in [1.54, 1.807) is 6.92 Å². The molecule has 0 aromatic heterocycles. The molecule has 0 radical (unpaired) electrons. The molecule has 0 heterocycles. The van der Waals surface area contributed by atoms with Crippen molar-refractivity contribution in [1.29, 1.82) is 5.26 Å². The second-order valence-corrected chi connectivity index (χ2v) is 3.86. The summed E-state index contributed by atoms with van der Waals surface area (Å²) in [6.07, 6.45) is 0.191. The molecule has 2 nitrogen and oxygen atoms in total. The van der Waals surface area contributed by atoms with Crippen LogP contribution in [-0.2, 0) is 0 Å². The third-order valence-electron chi connectivity index (χ3n) is 2.04. The molecule has 2 heteroatoms. The van der Waals surface area contributed by atoms with Crippen LogP contribution >= 0.6 is 0 Å². The molecule has 58 valence electrons. The van der Waals surface area contributed by atoms with Crippen LogP contribution in [0.5, 0.6) is 0 Å². The summed E-state index contributed by atoms with van der Waals surface area (Å²) in [4.78, 5) is 0. The van der Waals surface area contributed by atoms with E-state index in [0.717, 1.165) is 0 Å². The Hall–Kier alpha value is -0.550. The summed E-state index contributed by atoms with van der Waals surface area (Å²) in [5.41, 5.74) is -1.09. The Labute approximate surface area is 62.5 Å². The molecule has 0 amide bonds.